The highest BCUT2D eigenvalue weighted by Crippen LogP contribution is 2.53. The van der Waals surface area contributed by atoms with Gasteiger partial charge in [0.1, 0.15) is 5.75 Å². The molecule has 4 rings (SSSR count). The first-order valence-electron chi connectivity index (χ1n) is 7.47. The second-order valence-corrected chi connectivity index (χ2v) is 7.60. The third kappa shape index (κ3) is 1.70. The van der Waals surface area contributed by atoms with Crippen molar-refractivity contribution in [3.63, 3.8) is 0 Å². The summed E-state index contributed by atoms with van der Waals surface area (Å²) in [5, 5.41) is 12.5. The Morgan fingerprint density at radius 2 is 1.68 bits per heavy atom. The van der Waals surface area contributed by atoms with Crippen molar-refractivity contribution in [1.82, 2.24) is 0 Å². The van der Waals surface area contributed by atoms with Crippen molar-refractivity contribution in [3.8, 4) is 16.9 Å². The van der Waals surface area contributed by atoms with E-state index >= 15 is 0 Å². The summed E-state index contributed by atoms with van der Waals surface area (Å²) >= 11 is 3.56. The van der Waals surface area contributed by atoms with Crippen LogP contribution in [-0.2, 0) is 5.41 Å². The smallest absolute Gasteiger partial charge is 0.123 e. The molecule has 0 aromatic heterocycles. The molecule has 0 saturated heterocycles. The van der Waals surface area contributed by atoms with Crippen LogP contribution in [0.15, 0.2) is 46.9 Å². The topological polar surface area (TPSA) is 20.2 Å². The summed E-state index contributed by atoms with van der Waals surface area (Å²) in [6, 6.07) is 14.7. The van der Waals surface area contributed by atoms with Crippen molar-refractivity contribution < 1.29 is 5.11 Å². The standard InChI is InChI=1S/C20H17BrO/c1-11-4-6-14-16(8-11)20(2,3)17-10-18(22)13-7-5-12(21)9-15(13)19(14)17/h4-10,22H,1-3H3. The van der Waals surface area contributed by atoms with E-state index in [1.165, 1.54) is 27.8 Å². The molecule has 0 saturated carbocycles. The monoisotopic (exact) mass is 352 g/mol. The molecule has 1 aliphatic carbocycles. The van der Waals surface area contributed by atoms with Crippen molar-refractivity contribution in [3.05, 3.63) is 63.6 Å². The van der Waals surface area contributed by atoms with Crippen LogP contribution in [-0.4, -0.2) is 5.11 Å². The molecule has 3 aromatic rings. The lowest BCUT2D eigenvalue weighted by Crippen LogP contribution is -2.15. The molecule has 22 heavy (non-hydrogen) atoms. The van der Waals surface area contributed by atoms with Crippen LogP contribution in [0.2, 0.25) is 0 Å². The second kappa shape index (κ2) is 4.36. The van der Waals surface area contributed by atoms with Crippen LogP contribution >= 0.6 is 15.9 Å². The molecular formula is C20H17BrO. The summed E-state index contributed by atoms with van der Waals surface area (Å²) in [7, 11) is 0. The Morgan fingerprint density at radius 1 is 0.909 bits per heavy atom. The van der Waals surface area contributed by atoms with Gasteiger partial charge in [0.25, 0.3) is 0 Å². The first-order chi connectivity index (χ1) is 10.4. The minimum Gasteiger partial charge on any atom is -0.507 e. The van der Waals surface area contributed by atoms with Gasteiger partial charge in [-0.25, -0.2) is 0 Å². The third-order valence-corrected chi connectivity index (χ3v) is 5.36. The first kappa shape index (κ1) is 13.8. The minimum absolute atomic E-state index is 0.0926. The van der Waals surface area contributed by atoms with Gasteiger partial charge < -0.3 is 5.11 Å². The molecule has 0 unspecified atom stereocenters. The van der Waals surface area contributed by atoms with E-state index < -0.39 is 0 Å². The average molecular weight is 353 g/mol. The average Bonchev–Trinajstić information content (AvgIpc) is 2.68. The van der Waals surface area contributed by atoms with Crippen molar-refractivity contribution in [1.29, 1.82) is 0 Å². The molecule has 0 heterocycles. The molecule has 1 nitrogen and oxygen atoms in total. The Labute approximate surface area is 138 Å². The molecule has 1 N–H and O–H groups in total. The lowest BCUT2D eigenvalue weighted by atomic mass is 9.81. The van der Waals surface area contributed by atoms with E-state index in [9.17, 15) is 5.11 Å². The summed E-state index contributed by atoms with van der Waals surface area (Å²) in [4.78, 5) is 0. The number of aromatic hydroxyl groups is 1. The Morgan fingerprint density at radius 3 is 2.45 bits per heavy atom. The molecule has 2 heteroatoms. The highest BCUT2D eigenvalue weighted by Gasteiger charge is 2.37. The molecule has 0 amide bonds. The summed E-state index contributed by atoms with van der Waals surface area (Å²) in [6.45, 7) is 6.60. The Balaban J connectivity index is 2.22. The normalized spacial score (nSPS) is 14.9. The van der Waals surface area contributed by atoms with Crippen molar-refractivity contribution >= 4 is 26.7 Å². The number of rotatable bonds is 0. The molecule has 3 aromatic carbocycles. The molecule has 0 bridgehead atoms. The number of fused-ring (bicyclic) bond motifs is 5. The highest BCUT2D eigenvalue weighted by atomic mass is 79.9. The van der Waals surface area contributed by atoms with Crippen molar-refractivity contribution in [2.24, 2.45) is 0 Å². The number of phenols is 1. The van der Waals surface area contributed by atoms with Gasteiger partial charge in [-0.1, -0.05) is 53.5 Å². The largest absolute Gasteiger partial charge is 0.507 e. The zero-order chi connectivity index (χ0) is 15.6. The van der Waals surface area contributed by atoms with E-state index in [2.05, 4.69) is 61.0 Å². The molecule has 0 fully saturated rings. The van der Waals surface area contributed by atoms with E-state index in [4.69, 9.17) is 0 Å². The summed E-state index contributed by atoms with van der Waals surface area (Å²) in [6.07, 6.45) is 0. The molecular weight excluding hydrogens is 336 g/mol. The van der Waals surface area contributed by atoms with Gasteiger partial charge in [-0.15, -0.1) is 0 Å². The van der Waals surface area contributed by atoms with Gasteiger partial charge in [0, 0.05) is 15.3 Å². The van der Waals surface area contributed by atoms with Crippen LogP contribution in [0.4, 0.5) is 0 Å². The van der Waals surface area contributed by atoms with Gasteiger partial charge >= 0.3 is 0 Å². The Kier molecular flexibility index (Phi) is 2.74. The second-order valence-electron chi connectivity index (χ2n) is 6.68. The van der Waals surface area contributed by atoms with Crippen LogP contribution in [0.25, 0.3) is 21.9 Å². The number of hydrogen-bond donors (Lipinski definition) is 1. The maximum absolute atomic E-state index is 10.5. The lowest BCUT2D eigenvalue weighted by Gasteiger charge is -2.22. The van der Waals surface area contributed by atoms with E-state index in [1.54, 1.807) is 0 Å². The number of hydrogen-bond acceptors (Lipinski definition) is 1. The van der Waals surface area contributed by atoms with E-state index in [-0.39, 0.29) is 5.41 Å². The van der Waals surface area contributed by atoms with Gasteiger partial charge in [0.05, 0.1) is 0 Å². The SMILES string of the molecule is Cc1ccc2c(c1)C(C)(C)c1cc(O)c3ccc(Br)cc3c1-2. The van der Waals surface area contributed by atoms with Crippen molar-refractivity contribution in [2.45, 2.75) is 26.2 Å². The fourth-order valence-corrected chi connectivity index (χ4v) is 4.06. The van der Waals surface area contributed by atoms with Gasteiger partial charge in [0.2, 0.25) is 0 Å². The van der Waals surface area contributed by atoms with E-state index in [0.29, 0.717) is 5.75 Å². The minimum atomic E-state index is -0.0926. The number of aryl methyl sites for hydroxylation is 1. The first-order valence-corrected chi connectivity index (χ1v) is 8.26. The summed E-state index contributed by atoms with van der Waals surface area (Å²) in [5.74, 6) is 0.360. The van der Waals surface area contributed by atoms with Crippen LogP contribution in [0.3, 0.4) is 0 Å². The van der Waals surface area contributed by atoms with Gasteiger partial charge in [-0.05, 0) is 58.8 Å². The molecule has 0 radical (unpaired) electrons. The van der Waals surface area contributed by atoms with E-state index in [0.717, 1.165) is 15.2 Å². The molecule has 0 aliphatic heterocycles. The Bertz CT molecular complexity index is 938. The fraction of sp³-hybridized carbons (Fsp3) is 0.200. The number of benzene rings is 3. The predicted molar refractivity (Wildman–Crippen MR) is 95.6 cm³/mol. The lowest BCUT2D eigenvalue weighted by molar-refractivity contribution is 0.479. The maximum Gasteiger partial charge on any atom is 0.123 e. The zero-order valence-corrected chi connectivity index (χ0v) is 14.5. The number of halogens is 1. The molecule has 0 spiro atoms. The zero-order valence-electron chi connectivity index (χ0n) is 12.9. The Hall–Kier alpha value is -1.80. The van der Waals surface area contributed by atoms with Crippen molar-refractivity contribution in [2.75, 3.05) is 0 Å². The third-order valence-electron chi connectivity index (χ3n) is 4.87. The summed E-state index contributed by atoms with van der Waals surface area (Å²) < 4.78 is 1.03. The van der Waals surface area contributed by atoms with Gasteiger partial charge in [0.15, 0.2) is 0 Å². The van der Waals surface area contributed by atoms with Crippen LogP contribution in [0.1, 0.15) is 30.5 Å². The molecule has 110 valence electrons. The van der Waals surface area contributed by atoms with Gasteiger partial charge in [-0.2, -0.15) is 0 Å². The molecule has 0 atom stereocenters. The molecule has 1 aliphatic rings. The maximum atomic E-state index is 10.5. The van der Waals surface area contributed by atoms with Crippen LogP contribution < -0.4 is 0 Å². The van der Waals surface area contributed by atoms with Crippen LogP contribution in [0.5, 0.6) is 5.75 Å². The summed E-state index contributed by atoms with van der Waals surface area (Å²) in [5.41, 5.74) is 6.27. The van der Waals surface area contributed by atoms with Gasteiger partial charge in [-0.3, -0.25) is 0 Å². The van der Waals surface area contributed by atoms with E-state index in [1.807, 2.05) is 18.2 Å². The predicted octanol–water partition coefficient (Wildman–Crippen LogP) is 5.92. The number of phenolic OH excluding ortho intramolecular Hbond substituents is 1. The van der Waals surface area contributed by atoms with Crippen LogP contribution in [0, 0.1) is 6.92 Å². The fourth-order valence-electron chi connectivity index (χ4n) is 3.70. The highest BCUT2D eigenvalue weighted by molar-refractivity contribution is 9.10. The quantitative estimate of drug-likeness (QED) is 0.532.